The molecule has 0 N–H and O–H groups in total. The lowest BCUT2D eigenvalue weighted by atomic mass is 10.1. The van der Waals surface area contributed by atoms with E-state index in [0.29, 0.717) is 11.6 Å². The van der Waals surface area contributed by atoms with Crippen LogP contribution in [-0.2, 0) is 6.54 Å². The zero-order chi connectivity index (χ0) is 15.0. The van der Waals surface area contributed by atoms with Gasteiger partial charge in [-0.15, -0.1) is 11.6 Å². The van der Waals surface area contributed by atoms with Gasteiger partial charge in [0.15, 0.2) is 0 Å². The molecule has 3 aromatic rings. The van der Waals surface area contributed by atoms with Gasteiger partial charge in [-0.1, -0.05) is 17.7 Å². The number of benzene rings is 1. The standard InChI is InChI=1S/C16H15Cl2N3/c1-10-6-7-19-8-12(10)9-21-15-13(18)4-3-5-14(15)20-16(21)11(2)17/h3-8,11H,9H2,1-2H3. The van der Waals surface area contributed by atoms with Gasteiger partial charge >= 0.3 is 0 Å². The van der Waals surface area contributed by atoms with Gasteiger partial charge in [-0.05, 0) is 43.2 Å². The number of halogens is 2. The molecular weight excluding hydrogens is 305 g/mol. The van der Waals surface area contributed by atoms with Crippen molar-refractivity contribution in [1.29, 1.82) is 0 Å². The molecule has 0 radical (unpaired) electrons. The molecule has 0 fully saturated rings. The highest BCUT2D eigenvalue weighted by atomic mass is 35.5. The van der Waals surface area contributed by atoms with Crippen molar-refractivity contribution < 1.29 is 0 Å². The Morgan fingerprint density at radius 1 is 1.29 bits per heavy atom. The van der Waals surface area contributed by atoms with Gasteiger partial charge in [-0.2, -0.15) is 0 Å². The van der Waals surface area contributed by atoms with E-state index in [9.17, 15) is 0 Å². The molecule has 3 nitrogen and oxygen atoms in total. The fraction of sp³-hybridized carbons (Fsp3) is 0.250. The van der Waals surface area contributed by atoms with Crippen molar-refractivity contribution in [2.45, 2.75) is 25.8 Å². The molecule has 1 unspecified atom stereocenters. The molecule has 3 rings (SSSR count). The maximum Gasteiger partial charge on any atom is 0.128 e. The molecule has 21 heavy (non-hydrogen) atoms. The van der Waals surface area contributed by atoms with Crippen LogP contribution < -0.4 is 0 Å². The highest BCUT2D eigenvalue weighted by Gasteiger charge is 2.17. The third-order valence-electron chi connectivity index (χ3n) is 3.58. The molecule has 108 valence electrons. The van der Waals surface area contributed by atoms with Gasteiger partial charge in [0.2, 0.25) is 0 Å². The summed E-state index contributed by atoms with van der Waals surface area (Å²) in [4.78, 5) is 8.83. The van der Waals surface area contributed by atoms with E-state index in [0.717, 1.165) is 22.4 Å². The highest BCUT2D eigenvalue weighted by Crippen LogP contribution is 2.30. The predicted molar refractivity (Wildman–Crippen MR) is 87.1 cm³/mol. The molecule has 0 saturated carbocycles. The molecule has 5 heteroatoms. The van der Waals surface area contributed by atoms with Gasteiger partial charge in [0.25, 0.3) is 0 Å². The zero-order valence-corrected chi connectivity index (χ0v) is 13.4. The minimum atomic E-state index is -0.189. The van der Waals surface area contributed by atoms with Gasteiger partial charge in [0, 0.05) is 12.4 Å². The summed E-state index contributed by atoms with van der Waals surface area (Å²) in [6.07, 6.45) is 3.67. The molecule has 1 aromatic carbocycles. The van der Waals surface area contributed by atoms with Crippen LogP contribution in [0.5, 0.6) is 0 Å². The summed E-state index contributed by atoms with van der Waals surface area (Å²) in [5.74, 6) is 0.822. The first kappa shape index (κ1) is 14.4. The van der Waals surface area contributed by atoms with Gasteiger partial charge in [0.05, 0.1) is 28.0 Å². The van der Waals surface area contributed by atoms with E-state index in [1.165, 1.54) is 5.56 Å². The van der Waals surface area contributed by atoms with Crippen LogP contribution in [0.3, 0.4) is 0 Å². The molecule has 0 amide bonds. The molecule has 2 heterocycles. The molecule has 2 aromatic heterocycles. The summed E-state index contributed by atoms with van der Waals surface area (Å²) < 4.78 is 2.08. The number of alkyl halides is 1. The number of imidazole rings is 1. The van der Waals surface area contributed by atoms with Gasteiger partial charge < -0.3 is 4.57 Å². The van der Waals surface area contributed by atoms with Crippen LogP contribution in [0.2, 0.25) is 5.02 Å². The normalized spacial score (nSPS) is 12.8. The van der Waals surface area contributed by atoms with E-state index in [1.807, 2.05) is 37.4 Å². The Kier molecular flexibility index (Phi) is 3.87. The first-order valence-corrected chi connectivity index (χ1v) is 7.57. The lowest BCUT2D eigenvalue weighted by Crippen LogP contribution is -2.07. The van der Waals surface area contributed by atoms with Gasteiger partial charge in [-0.25, -0.2) is 4.98 Å². The maximum atomic E-state index is 6.37. The smallest absolute Gasteiger partial charge is 0.128 e. The highest BCUT2D eigenvalue weighted by molar-refractivity contribution is 6.35. The van der Waals surface area contributed by atoms with Gasteiger partial charge in [-0.3, -0.25) is 4.98 Å². The topological polar surface area (TPSA) is 30.7 Å². The van der Waals surface area contributed by atoms with Crippen molar-refractivity contribution in [3.8, 4) is 0 Å². The van der Waals surface area contributed by atoms with Crippen molar-refractivity contribution in [3.05, 3.63) is 58.6 Å². The van der Waals surface area contributed by atoms with Crippen molar-refractivity contribution in [1.82, 2.24) is 14.5 Å². The monoisotopic (exact) mass is 319 g/mol. The van der Waals surface area contributed by atoms with Crippen molar-refractivity contribution in [2.24, 2.45) is 0 Å². The van der Waals surface area contributed by atoms with E-state index < -0.39 is 0 Å². The van der Waals surface area contributed by atoms with Crippen LogP contribution in [0.25, 0.3) is 11.0 Å². The molecule has 0 aliphatic heterocycles. The molecule has 0 spiro atoms. The summed E-state index contributed by atoms with van der Waals surface area (Å²) in [6.45, 7) is 4.65. The molecular formula is C16H15Cl2N3. The number of rotatable bonds is 3. The van der Waals surface area contributed by atoms with E-state index in [-0.39, 0.29) is 5.38 Å². The third-order valence-corrected chi connectivity index (χ3v) is 4.08. The molecule has 0 aliphatic carbocycles. The second kappa shape index (κ2) is 5.66. The number of aromatic nitrogens is 3. The Bertz CT molecular complexity index is 793. The lowest BCUT2D eigenvalue weighted by Gasteiger charge is -2.12. The van der Waals surface area contributed by atoms with E-state index in [1.54, 1.807) is 6.20 Å². The first-order valence-electron chi connectivity index (χ1n) is 6.76. The Morgan fingerprint density at radius 3 is 2.81 bits per heavy atom. The first-order chi connectivity index (χ1) is 10.1. The lowest BCUT2D eigenvalue weighted by molar-refractivity contribution is 0.737. The second-order valence-corrected chi connectivity index (χ2v) is 6.14. The van der Waals surface area contributed by atoms with E-state index in [4.69, 9.17) is 23.2 Å². The molecule has 0 aliphatic rings. The fourth-order valence-corrected chi connectivity index (χ4v) is 2.89. The number of hydrogen-bond acceptors (Lipinski definition) is 2. The van der Waals surface area contributed by atoms with Crippen LogP contribution in [-0.4, -0.2) is 14.5 Å². The summed E-state index contributed by atoms with van der Waals surface area (Å²) >= 11 is 12.7. The maximum absolute atomic E-state index is 6.37. The Labute approximate surface area is 133 Å². The summed E-state index contributed by atoms with van der Waals surface area (Å²) in [5, 5.41) is 0.496. The Hall–Kier alpha value is -1.58. The average Bonchev–Trinajstić information content (AvgIpc) is 2.82. The number of fused-ring (bicyclic) bond motifs is 1. The third kappa shape index (κ3) is 2.63. The van der Waals surface area contributed by atoms with E-state index >= 15 is 0 Å². The molecule has 0 saturated heterocycles. The van der Waals surface area contributed by atoms with Crippen LogP contribution in [0.15, 0.2) is 36.7 Å². The van der Waals surface area contributed by atoms with Crippen molar-refractivity contribution in [3.63, 3.8) is 0 Å². The number of para-hydroxylation sites is 1. The molecule has 1 atom stereocenters. The number of aryl methyl sites for hydroxylation is 1. The molecule has 0 bridgehead atoms. The largest absolute Gasteiger partial charge is 0.321 e. The summed E-state index contributed by atoms with van der Waals surface area (Å²) in [7, 11) is 0. The zero-order valence-electron chi connectivity index (χ0n) is 11.8. The van der Waals surface area contributed by atoms with Gasteiger partial charge in [0.1, 0.15) is 5.82 Å². The summed E-state index contributed by atoms with van der Waals surface area (Å²) in [6, 6.07) is 7.73. The van der Waals surface area contributed by atoms with Crippen LogP contribution in [0, 0.1) is 6.92 Å². The predicted octanol–water partition coefficient (Wildman–Crippen LogP) is 4.74. The minimum Gasteiger partial charge on any atom is -0.321 e. The van der Waals surface area contributed by atoms with Crippen LogP contribution >= 0.6 is 23.2 Å². The Balaban J connectivity index is 2.20. The minimum absolute atomic E-state index is 0.189. The Morgan fingerprint density at radius 2 is 2.10 bits per heavy atom. The number of nitrogens with zero attached hydrogens (tertiary/aromatic N) is 3. The fourth-order valence-electron chi connectivity index (χ4n) is 2.46. The quantitative estimate of drug-likeness (QED) is 0.653. The van der Waals surface area contributed by atoms with E-state index in [2.05, 4.69) is 21.5 Å². The number of pyridine rings is 1. The number of hydrogen-bond donors (Lipinski definition) is 0. The van der Waals surface area contributed by atoms with Crippen molar-refractivity contribution in [2.75, 3.05) is 0 Å². The van der Waals surface area contributed by atoms with Crippen LogP contribution in [0.1, 0.15) is 29.3 Å². The SMILES string of the molecule is Cc1ccncc1Cn1c(C(C)Cl)nc2cccc(Cl)c21. The second-order valence-electron chi connectivity index (χ2n) is 5.08. The summed E-state index contributed by atoms with van der Waals surface area (Å²) in [5.41, 5.74) is 4.11. The van der Waals surface area contributed by atoms with Crippen molar-refractivity contribution >= 4 is 34.2 Å². The average molecular weight is 320 g/mol. The van der Waals surface area contributed by atoms with Crippen LogP contribution in [0.4, 0.5) is 0 Å².